The molecule has 1 heterocycles. The number of nitriles is 2. The van der Waals surface area contributed by atoms with Gasteiger partial charge < -0.3 is 9.80 Å². The highest BCUT2D eigenvalue weighted by Crippen LogP contribution is 2.24. The van der Waals surface area contributed by atoms with Crippen molar-refractivity contribution in [2.75, 3.05) is 25.0 Å². The predicted octanol–water partition coefficient (Wildman–Crippen LogP) is 2.37. The Balaban J connectivity index is 2.22. The number of nitrogens with zero attached hydrogens (tertiary/aromatic N) is 4. The lowest BCUT2D eigenvalue weighted by Crippen LogP contribution is -2.40. The summed E-state index contributed by atoms with van der Waals surface area (Å²) >= 11 is 0. The van der Waals surface area contributed by atoms with Gasteiger partial charge in [0.05, 0.1) is 24.1 Å². The molecule has 0 N–H and O–H groups in total. The third kappa shape index (κ3) is 3.10. The predicted molar refractivity (Wildman–Crippen MR) is 79.2 cm³/mol. The molecule has 0 amide bonds. The molecule has 0 radical (unpaired) electrons. The molecule has 4 nitrogen and oxygen atoms in total. The van der Waals surface area contributed by atoms with Gasteiger partial charge in [-0.3, -0.25) is 0 Å². The maximum Gasteiger partial charge on any atom is 0.0991 e. The Labute approximate surface area is 120 Å². The number of hydrogen-bond donors (Lipinski definition) is 0. The van der Waals surface area contributed by atoms with Crippen LogP contribution in [-0.4, -0.2) is 37.1 Å². The van der Waals surface area contributed by atoms with E-state index in [9.17, 15) is 0 Å². The van der Waals surface area contributed by atoms with E-state index in [1.807, 2.05) is 24.3 Å². The lowest BCUT2D eigenvalue weighted by Gasteiger charge is -2.32. The lowest BCUT2D eigenvalue weighted by atomic mass is 10.1. The summed E-state index contributed by atoms with van der Waals surface area (Å²) in [6, 6.07) is 12.9. The van der Waals surface area contributed by atoms with E-state index in [4.69, 9.17) is 10.5 Å². The zero-order valence-corrected chi connectivity index (χ0v) is 12.1. The van der Waals surface area contributed by atoms with Crippen LogP contribution in [0.2, 0.25) is 0 Å². The first-order chi connectivity index (χ1) is 9.65. The minimum absolute atomic E-state index is 0.264. The second-order valence-corrected chi connectivity index (χ2v) is 5.45. The fourth-order valence-electron chi connectivity index (χ4n) is 2.69. The summed E-state index contributed by atoms with van der Waals surface area (Å²) in [4.78, 5) is 4.63. The van der Waals surface area contributed by atoms with Gasteiger partial charge >= 0.3 is 0 Å². The van der Waals surface area contributed by atoms with Crippen molar-refractivity contribution in [1.82, 2.24) is 4.90 Å². The first-order valence-corrected chi connectivity index (χ1v) is 6.99. The third-order valence-electron chi connectivity index (χ3n) is 4.12. The van der Waals surface area contributed by atoms with Crippen LogP contribution >= 0.6 is 0 Å². The highest BCUT2D eigenvalue weighted by molar-refractivity contribution is 5.50. The average molecular weight is 268 g/mol. The molecule has 0 aliphatic carbocycles. The van der Waals surface area contributed by atoms with Crippen LogP contribution < -0.4 is 4.90 Å². The number of likely N-dealkylation sites (N-methyl/N-ethyl adjacent to an activating group) is 1. The standard InChI is InChI=1S/C16H20N4/c1-13-8-10-19(2)16(7-9-17)12-20(13)15-5-3-14(11-18)4-6-15/h3-6,13,16H,7-8,10,12H2,1-2H3. The monoisotopic (exact) mass is 268 g/mol. The highest BCUT2D eigenvalue weighted by atomic mass is 15.2. The molecule has 2 unspecified atom stereocenters. The Morgan fingerprint density at radius 1 is 1.25 bits per heavy atom. The molecule has 1 aliphatic rings. The zero-order valence-electron chi connectivity index (χ0n) is 12.1. The first-order valence-electron chi connectivity index (χ1n) is 6.99. The first kappa shape index (κ1) is 14.4. The molecule has 104 valence electrons. The summed E-state index contributed by atoms with van der Waals surface area (Å²) in [7, 11) is 2.09. The van der Waals surface area contributed by atoms with E-state index in [-0.39, 0.29) is 6.04 Å². The largest absolute Gasteiger partial charge is 0.367 e. The topological polar surface area (TPSA) is 54.1 Å². The second kappa shape index (κ2) is 6.41. The number of benzene rings is 1. The molecule has 1 aromatic rings. The van der Waals surface area contributed by atoms with Gasteiger partial charge in [0.1, 0.15) is 0 Å². The summed E-state index contributed by atoms with van der Waals surface area (Å²) in [6.45, 7) is 4.10. The maximum atomic E-state index is 8.99. The number of rotatable bonds is 2. The summed E-state index contributed by atoms with van der Waals surface area (Å²) in [5.41, 5.74) is 1.82. The smallest absolute Gasteiger partial charge is 0.0991 e. The Hall–Kier alpha value is -2.04. The van der Waals surface area contributed by atoms with Crippen LogP contribution in [0.25, 0.3) is 0 Å². The fourth-order valence-corrected chi connectivity index (χ4v) is 2.69. The maximum absolute atomic E-state index is 8.99. The summed E-state index contributed by atoms with van der Waals surface area (Å²) < 4.78 is 0. The van der Waals surface area contributed by atoms with Gasteiger partial charge in [0.25, 0.3) is 0 Å². The van der Waals surface area contributed by atoms with Gasteiger partial charge in [-0.15, -0.1) is 0 Å². The van der Waals surface area contributed by atoms with Crippen molar-refractivity contribution in [3.8, 4) is 12.1 Å². The SMILES string of the molecule is CC1CCN(C)C(CC#N)CN1c1ccc(C#N)cc1. The number of hydrogen-bond acceptors (Lipinski definition) is 4. The van der Waals surface area contributed by atoms with Crippen molar-refractivity contribution in [2.24, 2.45) is 0 Å². The fraction of sp³-hybridized carbons (Fsp3) is 0.500. The molecular formula is C16H20N4. The van der Waals surface area contributed by atoms with Crippen LogP contribution in [0.4, 0.5) is 5.69 Å². The molecule has 1 saturated heterocycles. The van der Waals surface area contributed by atoms with E-state index in [1.165, 1.54) is 0 Å². The van der Waals surface area contributed by atoms with Crippen LogP contribution in [0.15, 0.2) is 24.3 Å². The molecule has 1 fully saturated rings. The molecule has 4 heteroatoms. The van der Waals surface area contributed by atoms with E-state index < -0.39 is 0 Å². The van der Waals surface area contributed by atoms with E-state index in [2.05, 4.69) is 35.9 Å². The molecule has 1 aromatic carbocycles. The molecule has 0 aromatic heterocycles. The number of anilines is 1. The Morgan fingerprint density at radius 3 is 2.55 bits per heavy atom. The summed E-state index contributed by atoms with van der Waals surface area (Å²) in [5.74, 6) is 0. The Bertz CT molecular complexity index is 523. The van der Waals surface area contributed by atoms with Crippen molar-refractivity contribution in [3.05, 3.63) is 29.8 Å². The molecule has 2 atom stereocenters. The molecule has 0 spiro atoms. The molecule has 20 heavy (non-hydrogen) atoms. The minimum Gasteiger partial charge on any atom is -0.367 e. The van der Waals surface area contributed by atoms with Crippen molar-refractivity contribution in [3.63, 3.8) is 0 Å². The van der Waals surface area contributed by atoms with Crippen molar-refractivity contribution in [2.45, 2.75) is 31.8 Å². The summed E-state index contributed by atoms with van der Waals surface area (Å²) in [6.07, 6.45) is 1.63. The van der Waals surface area contributed by atoms with E-state index in [0.717, 1.165) is 25.2 Å². The third-order valence-corrected chi connectivity index (χ3v) is 4.12. The minimum atomic E-state index is 0.264. The van der Waals surface area contributed by atoms with Crippen molar-refractivity contribution in [1.29, 1.82) is 10.5 Å². The van der Waals surface area contributed by atoms with Crippen LogP contribution in [0.1, 0.15) is 25.3 Å². The molecular weight excluding hydrogens is 248 g/mol. The van der Waals surface area contributed by atoms with Gasteiger partial charge in [-0.1, -0.05) is 0 Å². The van der Waals surface area contributed by atoms with Gasteiger partial charge in [0.2, 0.25) is 0 Å². The molecule has 2 rings (SSSR count). The molecule has 1 aliphatic heterocycles. The van der Waals surface area contributed by atoms with Gasteiger partial charge in [0.15, 0.2) is 0 Å². The van der Waals surface area contributed by atoms with Gasteiger partial charge in [-0.25, -0.2) is 0 Å². The lowest BCUT2D eigenvalue weighted by molar-refractivity contribution is 0.263. The van der Waals surface area contributed by atoms with E-state index in [1.54, 1.807) is 0 Å². The van der Waals surface area contributed by atoms with Gasteiger partial charge in [-0.05, 0) is 44.7 Å². The zero-order chi connectivity index (χ0) is 14.5. The van der Waals surface area contributed by atoms with Gasteiger partial charge in [-0.2, -0.15) is 10.5 Å². The second-order valence-electron chi connectivity index (χ2n) is 5.45. The summed E-state index contributed by atoms with van der Waals surface area (Å²) in [5, 5.41) is 17.9. The molecule has 0 bridgehead atoms. The quantitative estimate of drug-likeness (QED) is 0.826. The van der Waals surface area contributed by atoms with Crippen LogP contribution in [-0.2, 0) is 0 Å². The van der Waals surface area contributed by atoms with Crippen LogP contribution in [0, 0.1) is 22.7 Å². The average Bonchev–Trinajstić information content (AvgIpc) is 2.61. The van der Waals surface area contributed by atoms with Crippen molar-refractivity contribution < 1.29 is 0 Å². The van der Waals surface area contributed by atoms with E-state index in [0.29, 0.717) is 18.0 Å². The van der Waals surface area contributed by atoms with E-state index >= 15 is 0 Å². The normalized spacial score (nSPS) is 23.7. The Morgan fingerprint density at radius 2 is 1.95 bits per heavy atom. The highest BCUT2D eigenvalue weighted by Gasteiger charge is 2.26. The van der Waals surface area contributed by atoms with Crippen LogP contribution in [0.3, 0.4) is 0 Å². The Kier molecular flexibility index (Phi) is 4.61. The van der Waals surface area contributed by atoms with Crippen LogP contribution in [0.5, 0.6) is 0 Å². The van der Waals surface area contributed by atoms with Gasteiger partial charge in [0, 0.05) is 30.9 Å². The van der Waals surface area contributed by atoms with Crippen molar-refractivity contribution >= 4 is 5.69 Å². The molecule has 0 saturated carbocycles.